The molecule has 0 radical (unpaired) electrons. The molecule has 3 rings (SSSR count). The molecule has 22 heavy (non-hydrogen) atoms. The second-order valence-electron chi connectivity index (χ2n) is 4.74. The maximum Gasteiger partial charge on any atom is 0.326 e. The van der Waals surface area contributed by atoms with Gasteiger partial charge in [0.2, 0.25) is 0 Å². The molecule has 2 aromatic heterocycles. The zero-order chi connectivity index (χ0) is 15.7. The SMILES string of the molecule is CCOC(=O)Cn1c2ccc(C=O)cc2c2c(N)ncnc21. The minimum atomic E-state index is -0.363. The Morgan fingerprint density at radius 1 is 1.41 bits per heavy atom. The third-order valence-electron chi connectivity index (χ3n) is 3.42. The number of anilines is 1. The molecule has 2 heterocycles. The number of aldehydes is 1. The normalized spacial score (nSPS) is 11.0. The van der Waals surface area contributed by atoms with Crippen LogP contribution in [0, 0.1) is 0 Å². The lowest BCUT2D eigenvalue weighted by Gasteiger charge is -2.06. The topological polar surface area (TPSA) is 100 Å². The van der Waals surface area contributed by atoms with Gasteiger partial charge in [-0.2, -0.15) is 0 Å². The van der Waals surface area contributed by atoms with E-state index in [1.807, 2.05) is 0 Å². The molecule has 1 aromatic carbocycles. The van der Waals surface area contributed by atoms with Crippen molar-refractivity contribution < 1.29 is 14.3 Å². The number of nitrogens with two attached hydrogens (primary N) is 1. The third-order valence-corrected chi connectivity index (χ3v) is 3.42. The van der Waals surface area contributed by atoms with Crippen LogP contribution in [0.15, 0.2) is 24.5 Å². The van der Waals surface area contributed by atoms with Crippen molar-refractivity contribution in [2.75, 3.05) is 12.3 Å². The average Bonchev–Trinajstić information content (AvgIpc) is 2.82. The van der Waals surface area contributed by atoms with Gasteiger partial charge in [-0.1, -0.05) is 0 Å². The van der Waals surface area contributed by atoms with Gasteiger partial charge in [-0.3, -0.25) is 9.59 Å². The first kappa shape index (κ1) is 14.0. The molecule has 7 heteroatoms. The first-order valence-corrected chi connectivity index (χ1v) is 6.79. The van der Waals surface area contributed by atoms with Crippen LogP contribution in [0.4, 0.5) is 5.82 Å². The molecule has 0 bridgehead atoms. The Bertz CT molecular complexity index is 885. The average molecular weight is 298 g/mol. The molecule has 0 saturated heterocycles. The number of hydrogen-bond donors (Lipinski definition) is 1. The smallest absolute Gasteiger partial charge is 0.326 e. The minimum absolute atomic E-state index is 0.0186. The van der Waals surface area contributed by atoms with E-state index < -0.39 is 0 Å². The zero-order valence-electron chi connectivity index (χ0n) is 11.9. The van der Waals surface area contributed by atoms with Crippen molar-refractivity contribution in [3.05, 3.63) is 30.1 Å². The van der Waals surface area contributed by atoms with Crippen LogP contribution >= 0.6 is 0 Å². The molecule has 0 fully saturated rings. The molecule has 0 unspecified atom stereocenters. The number of rotatable bonds is 4. The van der Waals surface area contributed by atoms with E-state index >= 15 is 0 Å². The Hall–Kier alpha value is -2.96. The summed E-state index contributed by atoms with van der Waals surface area (Å²) in [5, 5.41) is 1.37. The van der Waals surface area contributed by atoms with Crippen molar-refractivity contribution >= 4 is 40.0 Å². The van der Waals surface area contributed by atoms with Gasteiger partial charge in [0.05, 0.1) is 17.5 Å². The highest BCUT2D eigenvalue weighted by Crippen LogP contribution is 2.31. The van der Waals surface area contributed by atoms with Gasteiger partial charge >= 0.3 is 5.97 Å². The number of esters is 1. The molecule has 0 spiro atoms. The molecule has 7 nitrogen and oxygen atoms in total. The van der Waals surface area contributed by atoms with E-state index in [0.717, 1.165) is 17.2 Å². The molecule has 0 saturated carbocycles. The number of nitrogens with zero attached hydrogens (tertiary/aromatic N) is 3. The van der Waals surface area contributed by atoms with Crippen LogP contribution in [0.25, 0.3) is 21.9 Å². The molecule has 2 N–H and O–H groups in total. The highest BCUT2D eigenvalue weighted by atomic mass is 16.5. The van der Waals surface area contributed by atoms with E-state index in [2.05, 4.69) is 9.97 Å². The summed E-state index contributed by atoms with van der Waals surface area (Å²) < 4.78 is 6.72. The van der Waals surface area contributed by atoms with Crippen LogP contribution in [-0.4, -0.2) is 33.4 Å². The Labute approximate surface area is 125 Å². The molecule has 0 aliphatic carbocycles. The number of ether oxygens (including phenoxy) is 1. The van der Waals surface area contributed by atoms with E-state index in [0.29, 0.717) is 29.0 Å². The summed E-state index contributed by atoms with van der Waals surface area (Å²) in [6.45, 7) is 2.08. The fourth-order valence-corrected chi connectivity index (χ4v) is 2.52. The van der Waals surface area contributed by atoms with Gasteiger partial charge in [0.25, 0.3) is 0 Å². The molecule has 0 aliphatic heterocycles. The maximum atomic E-state index is 11.8. The minimum Gasteiger partial charge on any atom is -0.465 e. The number of carbonyl (C=O) groups excluding carboxylic acids is 2. The lowest BCUT2D eigenvalue weighted by molar-refractivity contribution is -0.143. The number of aromatic nitrogens is 3. The summed E-state index contributed by atoms with van der Waals surface area (Å²) in [5.41, 5.74) is 7.76. The maximum absolute atomic E-state index is 11.8. The molecule has 0 aliphatic rings. The van der Waals surface area contributed by atoms with Gasteiger partial charge in [-0.25, -0.2) is 9.97 Å². The number of hydrogen-bond acceptors (Lipinski definition) is 6. The third kappa shape index (κ3) is 2.16. The van der Waals surface area contributed by atoms with E-state index in [4.69, 9.17) is 10.5 Å². The van der Waals surface area contributed by atoms with E-state index in [-0.39, 0.29) is 12.5 Å². The first-order chi connectivity index (χ1) is 10.7. The number of fused-ring (bicyclic) bond motifs is 3. The van der Waals surface area contributed by atoms with Crippen molar-refractivity contribution in [3.63, 3.8) is 0 Å². The number of carbonyl (C=O) groups is 2. The Kier molecular flexibility index (Phi) is 3.46. The predicted molar refractivity (Wildman–Crippen MR) is 81.5 cm³/mol. The number of benzene rings is 1. The highest BCUT2D eigenvalue weighted by molar-refractivity contribution is 6.12. The van der Waals surface area contributed by atoms with Crippen LogP contribution in [0.2, 0.25) is 0 Å². The molecular weight excluding hydrogens is 284 g/mol. The van der Waals surface area contributed by atoms with Gasteiger partial charge in [-0.15, -0.1) is 0 Å². The monoisotopic (exact) mass is 298 g/mol. The van der Waals surface area contributed by atoms with Crippen LogP contribution in [0.5, 0.6) is 0 Å². The standard InChI is InChI=1S/C15H14N4O3/c1-2-22-12(21)6-19-11-4-3-9(7-20)5-10(11)13-14(16)17-8-18-15(13)19/h3-5,7-8H,2,6H2,1H3,(H2,16,17,18). The lowest BCUT2D eigenvalue weighted by atomic mass is 10.1. The summed E-state index contributed by atoms with van der Waals surface area (Å²) in [5.74, 6) is -0.0568. The van der Waals surface area contributed by atoms with Crippen molar-refractivity contribution in [1.82, 2.24) is 14.5 Å². The van der Waals surface area contributed by atoms with Crippen LogP contribution in [0.1, 0.15) is 17.3 Å². The highest BCUT2D eigenvalue weighted by Gasteiger charge is 2.17. The van der Waals surface area contributed by atoms with Crippen LogP contribution < -0.4 is 5.73 Å². The van der Waals surface area contributed by atoms with Gasteiger partial charge in [0.15, 0.2) is 0 Å². The second-order valence-corrected chi connectivity index (χ2v) is 4.74. The van der Waals surface area contributed by atoms with Gasteiger partial charge in [0.1, 0.15) is 30.6 Å². The Morgan fingerprint density at radius 2 is 2.23 bits per heavy atom. The predicted octanol–water partition coefficient (Wildman–Crippen LogP) is 1.54. The quantitative estimate of drug-likeness (QED) is 0.579. The van der Waals surface area contributed by atoms with Crippen molar-refractivity contribution in [2.45, 2.75) is 13.5 Å². The van der Waals surface area contributed by atoms with Crippen LogP contribution in [0.3, 0.4) is 0 Å². The second kappa shape index (κ2) is 5.44. The summed E-state index contributed by atoms with van der Waals surface area (Å²) in [6, 6.07) is 5.16. The fraction of sp³-hybridized carbons (Fsp3) is 0.200. The summed E-state index contributed by atoms with van der Waals surface area (Å²) in [4.78, 5) is 31.0. The zero-order valence-corrected chi connectivity index (χ0v) is 11.9. The number of nitrogen functional groups attached to an aromatic ring is 1. The van der Waals surface area contributed by atoms with Gasteiger partial charge in [-0.05, 0) is 25.1 Å². The van der Waals surface area contributed by atoms with E-state index in [1.165, 1.54) is 6.33 Å². The van der Waals surface area contributed by atoms with Crippen LogP contribution in [-0.2, 0) is 16.1 Å². The summed E-state index contributed by atoms with van der Waals surface area (Å²) >= 11 is 0. The molecule has 3 aromatic rings. The molecule has 0 amide bonds. The van der Waals surface area contributed by atoms with E-state index in [1.54, 1.807) is 29.7 Å². The van der Waals surface area contributed by atoms with Crippen molar-refractivity contribution in [2.24, 2.45) is 0 Å². The Morgan fingerprint density at radius 3 is 2.95 bits per heavy atom. The van der Waals surface area contributed by atoms with Gasteiger partial charge in [0, 0.05) is 10.9 Å². The van der Waals surface area contributed by atoms with E-state index in [9.17, 15) is 9.59 Å². The molecule has 0 atom stereocenters. The first-order valence-electron chi connectivity index (χ1n) is 6.79. The summed E-state index contributed by atoms with van der Waals surface area (Å²) in [6.07, 6.45) is 2.10. The summed E-state index contributed by atoms with van der Waals surface area (Å²) in [7, 11) is 0. The van der Waals surface area contributed by atoms with Gasteiger partial charge < -0.3 is 15.0 Å². The lowest BCUT2D eigenvalue weighted by Crippen LogP contribution is -2.13. The fourth-order valence-electron chi connectivity index (χ4n) is 2.52. The molecule has 112 valence electrons. The Balaban J connectivity index is 2.31. The molecular formula is C15H14N4O3. The van der Waals surface area contributed by atoms with Crippen molar-refractivity contribution in [1.29, 1.82) is 0 Å². The largest absolute Gasteiger partial charge is 0.465 e. The van der Waals surface area contributed by atoms with Crippen molar-refractivity contribution in [3.8, 4) is 0 Å².